The molecule has 2 aromatic rings. The van der Waals surface area contributed by atoms with Crippen molar-refractivity contribution in [3.05, 3.63) is 48.3 Å². The number of para-hydroxylation sites is 1. The third kappa shape index (κ3) is 3.82. The SMILES string of the molecule is CC(C)(N)C(=O)NCc1ccccc1-n1cccn1.Cl. The van der Waals surface area contributed by atoms with Crippen LogP contribution >= 0.6 is 12.4 Å². The number of amides is 1. The molecule has 3 N–H and O–H groups in total. The van der Waals surface area contributed by atoms with Crippen molar-refractivity contribution in [2.75, 3.05) is 0 Å². The molecule has 0 radical (unpaired) electrons. The van der Waals surface area contributed by atoms with Crippen LogP contribution in [-0.2, 0) is 11.3 Å². The van der Waals surface area contributed by atoms with Crippen LogP contribution in [0.1, 0.15) is 19.4 Å². The number of benzene rings is 1. The number of nitrogens with zero attached hydrogens (tertiary/aromatic N) is 2. The number of nitrogens with two attached hydrogens (primary N) is 1. The van der Waals surface area contributed by atoms with Gasteiger partial charge in [0, 0.05) is 18.9 Å². The lowest BCUT2D eigenvalue weighted by molar-refractivity contribution is -0.125. The van der Waals surface area contributed by atoms with Crippen LogP contribution in [0.25, 0.3) is 5.69 Å². The highest BCUT2D eigenvalue weighted by molar-refractivity contribution is 5.85. The fraction of sp³-hybridized carbons (Fsp3) is 0.286. The highest BCUT2D eigenvalue weighted by Gasteiger charge is 2.21. The van der Waals surface area contributed by atoms with Crippen molar-refractivity contribution in [1.82, 2.24) is 15.1 Å². The molecule has 1 aromatic heterocycles. The fourth-order valence-electron chi connectivity index (χ4n) is 1.70. The molecule has 2 rings (SSSR count). The Morgan fingerprint density at radius 3 is 2.65 bits per heavy atom. The lowest BCUT2D eigenvalue weighted by Crippen LogP contribution is -2.48. The Kier molecular flexibility index (Phi) is 5.30. The topological polar surface area (TPSA) is 72.9 Å². The van der Waals surface area contributed by atoms with Crippen LogP contribution in [0.4, 0.5) is 0 Å². The second-order valence-corrected chi connectivity index (χ2v) is 4.98. The smallest absolute Gasteiger partial charge is 0.239 e. The molecule has 1 heterocycles. The van der Waals surface area contributed by atoms with E-state index in [4.69, 9.17) is 5.73 Å². The summed E-state index contributed by atoms with van der Waals surface area (Å²) >= 11 is 0. The van der Waals surface area contributed by atoms with Gasteiger partial charge in [0.1, 0.15) is 0 Å². The molecular weight excluding hydrogens is 276 g/mol. The third-order valence-corrected chi connectivity index (χ3v) is 2.77. The summed E-state index contributed by atoms with van der Waals surface area (Å²) < 4.78 is 1.77. The predicted octanol–water partition coefficient (Wildman–Crippen LogP) is 1.65. The van der Waals surface area contributed by atoms with Crippen molar-refractivity contribution in [3.8, 4) is 5.69 Å². The van der Waals surface area contributed by atoms with Crippen molar-refractivity contribution in [2.24, 2.45) is 5.73 Å². The molecule has 0 aliphatic carbocycles. The van der Waals surface area contributed by atoms with Gasteiger partial charge >= 0.3 is 0 Å². The number of halogens is 1. The van der Waals surface area contributed by atoms with E-state index >= 15 is 0 Å². The van der Waals surface area contributed by atoms with E-state index in [-0.39, 0.29) is 18.3 Å². The molecule has 0 unspecified atom stereocenters. The Balaban J connectivity index is 0.00000200. The number of hydrogen-bond acceptors (Lipinski definition) is 3. The Morgan fingerprint density at radius 1 is 1.35 bits per heavy atom. The molecule has 0 aliphatic rings. The lowest BCUT2D eigenvalue weighted by atomic mass is 10.1. The van der Waals surface area contributed by atoms with Gasteiger partial charge in [-0.05, 0) is 31.5 Å². The molecule has 0 atom stereocenters. The first-order chi connectivity index (χ1) is 8.98. The van der Waals surface area contributed by atoms with Crippen molar-refractivity contribution in [2.45, 2.75) is 25.9 Å². The monoisotopic (exact) mass is 294 g/mol. The average molecular weight is 295 g/mol. The minimum absolute atomic E-state index is 0. The first-order valence-corrected chi connectivity index (χ1v) is 6.13. The predicted molar refractivity (Wildman–Crippen MR) is 80.9 cm³/mol. The van der Waals surface area contributed by atoms with E-state index in [9.17, 15) is 4.79 Å². The largest absolute Gasteiger partial charge is 0.350 e. The third-order valence-electron chi connectivity index (χ3n) is 2.77. The van der Waals surface area contributed by atoms with E-state index < -0.39 is 5.54 Å². The van der Waals surface area contributed by atoms with Gasteiger partial charge in [0.15, 0.2) is 0 Å². The molecular formula is C14H19ClN4O. The first-order valence-electron chi connectivity index (χ1n) is 6.13. The minimum Gasteiger partial charge on any atom is -0.350 e. The number of nitrogens with one attached hydrogen (secondary N) is 1. The zero-order valence-electron chi connectivity index (χ0n) is 11.5. The van der Waals surface area contributed by atoms with Crippen LogP contribution in [0.2, 0.25) is 0 Å². The molecule has 1 aromatic carbocycles. The van der Waals surface area contributed by atoms with Gasteiger partial charge in [0.25, 0.3) is 0 Å². The summed E-state index contributed by atoms with van der Waals surface area (Å²) in [5.74, 6) is -0.178. The quantitative estimate of drug-likeness (QED) is 0.900. The normalized spacial score (nSPS) is 10.8. The summed E-state index contributed by atoms with van der Waals surface area (Å²) in [7, 11) is 0. The Hall–Kier alpha value is -1.85. The van der Waals surface area contributed by atoms with E-state index in [2.05, 4.69) is 10.4 Å². The summed E-state index contributed by atoms with van der Waals surface area (Å²) in [6.45, 7) is 3.79. The summed E-state index contributed by atoms with van der Waals surface area (Å²) in [5, 5.41) is 7.04. The van der Waals surface area contributed by atoms with Crippen molar-refractivity contribution in [1.29, 1.82) is 0 Å². The van der Waals surface area contributed by atoms with Gasteiger partial charge in [0.05, 0.1) is 11.2 Å². The van der Waals surface area contributed by atoms with E-state index in [1.165, 1.54) is 0 Å². The summed E-state index contributed by atoms with van der Waals surface area (Å²) in [6, 6.07) is 9.65. The molecule has 0 spiro atoms. The van der Waals surface area contributed by atoms with E-state index in [1.54, 1.807) is 24.7 Å². The van der Waals surface area contributed by atoms with E-state index in [0.29, 0.717) is 6.54 Å². The Labute approximate surface area is 124 Å². The maximum Gasteiger partial charge on any atom is 0.239 e. The summed E-state index contributed by atoms with van der Waals surface area (Å²) in [6.07, 6.45) is 3.59. The highest BCUT2D eigenvalue weighted by Crippen LogP contribution is 2.13. The van der Waals surface area contributed by atoms with Crippen molar-refractivity contribution < 1.29 is 4.79 Å². The standard InChI is InChI=1S/C14H18N4O.ClH/c1-14(2,15)13(19)16-10-11-6-3-4-7-12(11)18-9-5-8-17-18;/h3-9H,10,15H2,1-2H3,(H,16,19);1H. The number of hydrogen-bond donors (Lipinski definition) is 2. The Bertz CT molecular complexity index is 561. The molecule has 6 heteroatoms. The zero-order valence-corrected chi connectivity index (χ0v) is 12.4. The molecule has 0 bridgehead atoms. The van der Waals surface area contributed by atoms with Crippen LogP contribution in [0.3, 0.4) is 0 Å². The zero-order chi connectivity index (χ0) is 13.9. The van der Waals surface area contributed by atoms with E-state index in [1.807, 2.05) is 36.5 Å². The highest BCUT2D eigenvalue weighted by atomic mass is 35.5. The van der Waals surface area contributed by atoms with Gasteiger partial charge in [-0.3, -0.25) is 4.79 Å². The van der Waals surface area contributed by atoms with Gasteiger partial charge < -0.3 is 11.1 Å². The molecule has 0 fully saturated rings. The van der Waals surface area contributed by atoms with Gasteiger partial charge in [-0.15, -0.1) is 12.4 Å². The van der Waals surface area contributed by atoms with Crippen LogP contribution < -0.4 is 11.1 Å². The Morgan fingerprint density at radius 2 is 2.05 bits per heavy atom. The number of aromatic nitrogens is 2. The second-order valence-electron chi connectivity index (χ2n) is 4.98. The van der Waals surface area contributed by atoms with Gasteiger partial charge in [-0.2, -0.15) is 5.10 Å². The molecule has 1 amide bonds. The molecule has 20 heavy (non-hydrogen) atoms. The van der Waals surface area contributed by atoms with Gasteiger partial charge in [-0.1, -0.05) is 18.2 Å². The van der Waals surface area contributed by atoms with Gasteiger partial charge in [0.2, 0.25) is 5.91 Å². The van der Waals surface area contributed by atoms with Crippen LogP contribution in [0.15, 0.2) is 42.7 Å². The average Bonchev–Trinajstić information content (AvgIpc) is 2.88. The second kappa shape index (κ2) is 6.54. The summed E-state index contributed by atoms with van der Waals surface area (Å²) in [4.78, 5) is 11.8. The number of rotatable bonds is 4. The number of carbonyl (C=O) groups is 1. The van der Waals surface area contributed by atoms with Crippen LogP contribution in [0.5, 0.6) is 0 Å². The molecule has 0 aliphatic heterocycles. The summed E-state index contributed by atoms with van der Waals surface area (Å²) in [5.41, 5.74) is 6.81. The lowest BCUT2D eigenvalue weighted by Gasteiger charge is -2.18. The maximum absolute atomic E-state index is 11.8. The molecule has 0 saturated carbocycles. The van der Waals surface area contributed by atoms with Crippen LogP contribution in [0, 0.1) is 0 Å². The van der Waals surface area contributed by atoms with Crippen LogP contribution in [-0.4, -0.2) is 21.2 Å². The first kappa shape index (κ1) is 16.2. The van der Waals surface area contributed by atoms with Gasteiger partial charge in [-0.25, -0.2) is 4.68 Å². The molecule has 0 saturated heterocycles. The van der Waals surface area contributed by atoms with Crippen molar-refractivity contribution >= 4 is 18.3 Å². The molecule has 108 valence electrons. The van der Waals surface area contributed by atoms with E-state index in [0.717, 1.165) is 11.3 Å². The fourth-order valence-corrected chi connectivity index (χ4v) is 1.70. The van der Waals surface area contributed by atoms with Crippen molar-refractivity contribution in [3.63, 3.8) is 0 Å². The minimum atomic E-state index is -0.874. The maximum atomic E-state index is 11.8. The number of carbonyl (C=O) groups excluding carboxylic acids is 1. The molecule has 5 nitrogen and oxygen atoms in total.